The van der Waals surface area contributed by atoms with Crippen molar-refractivity contribution in [2.24, 2.45) is 23.7 Å². The SMILES string of the molecule is C#CC(=O)NC(NC(=O)C#C)C(=O)CCCCC(=O)Nc1cc(C[C@@H](CC(C)C(=O)OC(C)(C)C)NC(=O)c2csc([C@@H](C[C@H](C(C)C)N(C)C(=O)[C@@H](CC(=O)[C@H]3CCCCN3C)[C@@H](C)CC)OC(C)=O)n2)ccc1O. The van der Waals surface area contributed by atoms with E-state index in [1.807, 2.05) is 34.7 Å². The topological polar surface area (TPSA) is 260 Å². The van der Waals surface area contributed by atoms with E-state index in [0.717, 1.165) is 37.1 Å². The number of hydrogen-bond acceptors (Lipinski definition) is 15. The van der Waals surface area contributed by atoms with Crippen molar-refractivity contribution in [1.82, 2.24) is 30.7 Å². The number of ketones is 2. The normalized spacial score (nSPS) is 16.1. The van der Waals surface area contributed by atoms with Crippen molar-refractivity contribution in [3.8, 4) is 30.4 Å². The van der Waals surface area contributed by atoms with Gasteiger partial charge in [0.15, 0.2) is 23.8 Å². The van der Waals surface area contributed by atoms with Crippen LogP contribution in [0, 0.1) is 48.4 Å². The molecule has 1 fully saturated rings. The van der Waals surface area contributed by atoms with Crippen LogP contribution in [0.25, 0.3) is 0 Å². The van der Waals surface area contributed by atoms with Gasteiger partial charge in [-0.2, -0.15) is 0 Å². The molecule has 5 amide bonds. The van der Waals surface area contributed by atoms with Crippen LogP contribution in [0.1, 0.15) is 160 Å². The molecule has 0 radical (unpaired) electrons. The Morgan fingerprint density at radius 1 is 0.947 bits per heavy atom. The second-order valence-electron chi connectivity index (χ2n) is 21.1. The van der Waals surface area contributed by atoms with E-state index in [-0.39, 0.29) is 98.1 Å². The number of carbonyl (C=O) groups excluding carboxylic acids is 9. The summed E-state index contributed by atoms with van der Waals surface area (Å²) in [6.07, 6.45) is 12.0. The van der Waals surface area contributed by atoms with Gasteiger partial charge in [0.25, 0.3) is 17.7 Å². The summed E-state index contributed by atoms with van der Waals surface area (Å²) in [5.41, 5.74) is -0.116. The van der Waals surface area contributed by atoms with Gasteiger partial charge < -0.3 is 40.7 Å². The fourth-order valence-electron chi connectivity index (χ4n) is 9.07. The van der Waals surface area contributed by atoms with E-state index in [1.54, 1.807) is 62.9 Å². The third-order valence-corrected chi connectivity index (χ3v) is 14.4. The molecule has 1 saturated heterocycles. The molecule has 76 heavy (non-hydrogen) atoms. The molecular formula is C56H79N7O12S. The molecule has 0 aliphatic carbocycles. The molecule has 20 heteroatoms. The summed E-state index contributed by atoms with van der Waals surface area (Å²) < 4.78 is 11.5. The summed E-state index contributed by atoms with van der Waals surface area (Å²) in [6.45, 7) is 17.0. The number of benzene rings is 1. The molecule has 0 spiro atoms. The summed E-state index contributed by atoms with van der Waals surface area (Å²) in [5.74, 6) is -2.77. The molecule has 2 heterocycles. The average molecular weight is 1070 g/mol. The Kier molecular flexibility index (Phi) is 25.3. The maximum Gasteiger partial charge on any atom is 0.309 e. The minimum Gasteiger partial charge on any atom is -0.506 e. The van der Waals surface area contributed by atoms with Crippen molar-refractivity contribution in [2.75, 3.05) is 26.0 Å². The zero-order valence-electron chi connectivity index (χ0n) is 46.0. The van der Waals surface area contributed by atoms with Crippen molar-refractivity contribution >= 4 is 70.1 Å². The molecule has 7 atom stereocenters. The molecule has 0 bridgehead atoms. The molecule has 2 aromatic rings. The minimum atomic E-state index is -1.45. The fraction of sp³-hybridized carbons (Fsp3) is 0.607. The first-order valence-corrected chi connectivity index (χ1v) is 26.9. The first-order chi connectivity index (χ1) is 35.7. The standard InChI is InChI=1S/C56H79N7O12S/c1-14-34(6)39(30-46(67)42-21-19-20-26-62(42)12)54(72)63(13)43(33(4)5)31-47(74-36(8)64)53-59-41(32-76-53)52(71)57-38(27-35(7)55(73)75-56(9,10)11)28-37-24-25-44(65)40(29-37)58-50(70)23-18-17-22-45(66)51(60-48(68)15-2)61-49(69)16-3/h2-3,24-25,29,32-35,38-39,42-43,47,51,65H,14,17-23,26-28,30-31H2,1,4-13H3,(H,57,71)(H,58,70)(H,60,68)(H,61,69)/t34-,35?,38+,39-,42+,43+,47+/m0/s1. The highest BCUT2D eigenvalue weighted by molar-refractivity contribution is 7.09. The van der Waals surface area contributed by atoms with E-state index in [0.29, 0.717) is 17.0 Å². The quantitative estimate of drug-likeness (QED) is 0.0214. The second kappa shape index (κ2) is 30.2. The lowest BCUT2D eigenvalue weighted by molar-refractivity contribution is -0.160. The van der Waals surface area contributed by atoms with Crippen LogP contribution in [0.4, 0.5) is 5.69 Å². The molecule has 3 rings (SSSR count). The molecular weight excluding hydrogens is 995 g/mol. The Balaban J connectivity index is 1.83. The van der Waals surface area contributed by atoms with Crippen molar-refractivity contribution in [1.29, 1.82) is 0 Å². The minimum absolute atomic E-state index is 0.0196. The van der Waals surface area contributed by atoms with Gasteiger partial charge in [0.2, 0.25) is 11.8 Å². The lowest BCUT2D eigenvalue weighted by Gasteiger charge is -2.37. The number of esters is 2. The van der Waals surface area contributed by atoms with Crippen molar-refractivity contribution in [3.05, 3.63) is 39.8 Å². The smallest absolute Gasteiger partial charge is 0.309 e. The third-order valence-electron chi connectivity index (χ3n) is 13.4. The Morgan fingerprint density at radius 3 is 2.17 bits per heavy atom. The third kappa shape index (κ3) is 20.5. The molecule has 19 nitrogen and oxygen atoms in total. The van der Waals surface area contributed by atoms with E-state index >= 15 is 0 Å². The zero-order valence-corrected chi connectivity index (χ0v) is 46.9. The van der Waals surface area contributed by atoms with E-state index in [1.165, 1.54) is 19.1 Å². The number of anilines is 1. The number of likely N-dealkylation sites (N-methyl/N-ethyl adjacent to an activating group) is 1. The summed E-state index contributed by atoms with van der Waals surface area (Å²) in [5, 5.41) is 22.7. The summed E-state index contributed by atoms with van der Waals surface area (Å²) >= 11 is 1.12. The van der Waals surface area contributed by atoms with Gasteiger partial charge in [-0.15, -0.1) is 24.2 Å². The number of aromatic nitrogens is 1. The monoisotopic (exact) mass is 1070 g/mol. The number of phenolic OH excluding ortho intramolecular Hbond substituents is 1. The fourth-order valence-corrected chi connectivity index (χ4v) is 9.91. The lowest BCUT2D eigenvalue weighted by Crippen LogP contribution is -2.52. The number of unbranched alkanes of at least 4 members (excludes halogenated alkanes) is 1. The van der Waals surface area contributed by atoms with E-state index < -0.39 is 83.1 Å². The maximum absolute atomic E-state index is 14.5. The van der Waals surface area contributed by atoms with Crippen LogP contribution in [-0.2, 0) is 54.3 Å². The number of carbonyl (C=O) groups is 9. The van der Waals surface area contributed by atoms with Crippen molar-refractivity contribution in [2.45, 2.75) is 175 Å². The highest BCUT2D eigenvalue weighted by atomic mass is 32.1. The Labute approximate surface area is 452 Å². The number of nitrogens with zero attached hydrogens (tertiary/aromatic N) is 3. The number of phenols is 1. The van der Waals surface area contributed by atoms with Gasteiger partial charge in [0, 0.05) is 63.0 Å². The van der Waals surface area contributed by atoms with E-state index in [4.69, 9.17) is 22.3 Å². The van der Waals surface area contributed by atoms with Crippen LogP contribution in [-0.4, -0.2) is 123 Å². The number of hydrogen-bond donors (Lipinski definition) is 5. The molecule has 1 aliphatic rings. The number of ether oxygens (including phenoxy) is 2. The Hall–Kier alpha value is -6.64. The zero-order chi connectivity index (χ0) is 57.0. The van der Waals surface area contributed by atoms with Gasteiger partial charge in [-0.25, -0.2) is 4.98 Å². The highest BCUT2D eigenvalue weighted by Crippen LogP contribution is 2.33. The number of Topliss-reactive ketones (excluding diaryl/α,β-unsaturated/α-hetero) is 2. The predicted octanol–water partition coefficient (Wildman–Crippen LogP) is 6.03. The molecule has 1 aromatic heterocycles. The Morgan fingerprint density at radius 2 is 1.59 bits per heavy atom. The van der Waals surface area contributed by atoms with Crippen LogP contribution in [0.3, 0.4) is 0 Å². The van der Waals surface area contributed by atoms with E-state index in [9.17, 15) is 48.3 Å². The van der Waals surface area contributed by atoms with Gasteiger partial charge in [-0.05, 0) is 114 Å². The van der Waals surface area contributed by atoms with Crippen LogP contribution in [0.5, 0.6) is 5.75 Å². The van der Waals surface area contributed by atoms with Gasteiger partial charge >= 0.3 is 11.9 Å². The second-order valence-corrected chi connectivity index (χ2v) is 22.0. The predicted molar refractivity (Wildman–Crippen MR) is 288 cm³/mol. The largest absolute Gasteiger partial charge is 0.506 e. The van der Waals surface area contributed by atoms with Gasteiger partial charge in [0.1, 0.15) is 22.1 Å². The summed E-state index contributed by atoms with van der Waals surface area (Å²) in [7, 11) is 3.68. The van der Waals surface area contributed by atoms with Gasteiger partial charge in [0.05, 0.1) is 17.6 Å². The van der Waals surface area contributed by atoms with Crippen LogP contribution >= 0.6 is 11.3 Å². The summed E-state index contributed by atoms with van der Waals surface area (Å²) in [4.78, 5) is 126. The number of thiazole rings is 1. The first kappa shape index (κ1) is 63.7. The Bertz CT molecular complexity index is 2440. The molecule has 1 unspecified atom stereocenters. The maximum atomic E-state index is 14.5. The molecule has 1 aliphatic heterocycles. The molecule has 416 valence electrons. The lowest BCUT2D eigenvalue weighted by atomic mass is 9.83. The number of nitrogens with one attached hydrogen (secondary N) is 4. The van der Waals surface area contributed by atoms with Crippen molar-refractivity contribution < 1.29 is 57.7 Å². The number of terminal acetylenes is 2. The molecule has 1 aromatic carbocycles. The van der Waals surface area contributed by atoms with E-state index in [2.05, 4.69) is 31.2 Å². The number of likely N-dealkylation sites (tertiary alicyclic amines) is 1. The number of rotatable bonds is 28. The first-order valence-electron chi connectivity index (χ1n) is 26.0. The van der Waals surface area contributed by atoms with Crippen LogP contribution in [0.2, 0.25) is 0 Å². The van der Waals surface area contributed by atoms with Gasteiger partial charge in [-0.1, -0.05) is 53.5 Å². The average Bonchev–Trinajstić information content (AvgIpc) is 3.86. The van der Waals surface area contributed by atoms with Gasteiger partial charge in [-0.3, -0.25) is 48.1 Å². The number of amides is 5. The van der Waals surface area contributed by atoms with Crippen molar-refractivity contribution in [3.63, 3.8) is 0 Å². The molecule has 0 saturated carbocycles. The number of piperidine rings is 1. The highest BCUT2D eigenvalue weighted by Gasteiger charge is 2.38. The number of aromatic hydroxyl groups is 1. The van der Waals surface area contributed by atoms with Crippen LogP contribution < -0.4 is 21.3 Å². The summed E-state index contributed by atoms with van der Waals surface area (Å²) in [6, 6.07) is 3.14. The molecule has 5 N–H and O–H groups in total. The van der Waals surface area contributed by atoms with Crippen LogP contribution in [0.15, 0.2) is 23.6 Å².